The molecule has 1 aromatic carbocycles. The third-order valence-electron chi connectivity index (χ3n) is 5.00. The van der Waals surface area contributed by atoms with Gasteiger partial charge in [-0.15, -0.1) is 0 Å². The third-order valence-corrected chi connectivity index (χ3v) is 5.26. The lowest BCUT2D eigenvalue weighted by molar-refractivity contribution is 0.304. The van der Waals surface area contributed by atoms with Gasteiger partial charge in [-0.1, -0.05) is 63.0 Å². The van der Waals surface area contributed by atoms with Gasteiger partial charge in [-0.05, 0) is 49.2 Å². The van der Waals surface area contributed by atoms with E-state index in [0.717, 1.165) is 42.3 Å². The molecule has 2 aromatic rings. The summed E-state index contributed by atoms with van der Waals surface area (Å²) in [5.41, 5.74) is 0.808. The van der Waals surface area contributed by atoms with Crippen molar-refractivity contribution >= 4 is 23.2 Å². The van der Waals surface area contributed by atoms with E-state index in [-0.39, 0.29) is 0 Å². The summed E-state index contributed by atoms with van der Waals surface area (Å²) in [5, 5.41) is 15.3. The Bertz CT molecular complexity index is 805. The fourth-order valence-electron chi connectivity index (χ4n) is 3.28. The molecule has 7 heteroatoms. The average molecular weight is 456 g/mol. The summed E-state index contributed by atoms with van der Waals surface area (Å²) in [6.45, 7) is 1.48. The van der Waals surface area contributed by atoms with Crippen LogP contribution in [-0.2, 0) is 0 Å². The first kappa shape index (κ1) is 25.5. The maximum absolute atomic E-state index is 8.87. The number of anilines is 1. The van der Waals surface area contributed by atoms with Gasteiger partial charge in [0, 0.05) is 17.8 Å². The summed E-state index contributed by atoms with van der Waals surface area (Å²) in [4.78, 5) is 8.49. The molecule has 0 bridgehead atoms. The van der Waals surface area contributed by atoms with Crippen LogP contribution >= 0.6 is 11.6 Å². The summed E-state index contributed by atoms with van der Waals surface area (Å²) < 4.78 is 5.72. The normalized spacial score (nSPS) is 11.1. The summed E-state index contributed by atoms with van der Waals surface area (Å²) in [6.07, 6.45) is 17.5. The predicted molar refractivity (Wildman–Crippen MR) is 132 cm³/mol. The molecular formula is C25H34ClN5O. The van der Waals surface area contributed by atoms with Gasteiger partial charge < -0.3 is 10.1 Å². The monoisotopic (exact) mass is 455 g/mol. The van der Waals surface area contributed by atoms with E-state index in [4.69, 9.17) is 21.6 Å². The van der Waals surface area contributed by atoms with Crippen molar-refractivity contribution in [2.24, 2.45) is 4.99 Å². The smallest absolute Gasteiger partial charge is 0.209 e. The van der Waals surface area contributed by atoms with E-state index < -0.39 is 0 Å². The van der Waals surface area contributed by atoms with Crippen LogP contribution in [0.1, 0.15) is 64.2 Å². The fourth-order valence-corrected chi connectivity index (χ4v) is 3.40. The number of aromatic nitrogens is 1. The second-order valence-corrected chi connectivity index (χ2v) is 8.11. The van der Waals surface area contributed by atoms with Crippen LogP contribution in [0.25, 0.3) is 0 Å². The minimum atomic E-state index is 0.471. The van der Waals surface area contributed by atoms with E-state index >= 15 is 0 Å². The minimum absolute atomic E-state index is 0.471. The Hall–Kier alpha value is -2.78. The number of nitrogens with zero attached hydrogens (tertiary/aromatic N) is 3. The van der Waals surface area contributed by atoms with Crippen molar-refractivity contribution in [3.8, 4) is 11.9 Å². The minimum Gasteiger partial charge on any atom is -0.494 e. The number of hydrogen-bond acceptors (Lipinski definition) is 4. The number of aliphatic imine (C=N–C) groups is 1. The summed E-state index contributed by atoms with van der Waals surface area (Å²) >= 11 is 5.87. The molecule has 0 aliphatic rings. The van der Waals surface area contributed by atoms with Gasteiger partial charge in [0.05, 0.1) is 18.5 Å². The second-order valence-electron chi connectivity index (χ2n) is 7.67. The number of rotatable bonds is 15. The Labute approximate surface area is 197 Å². The first-order valence-corrected chi connectivity index (χ1v) is 11.9. The number of nitriles is 1. The van der Waals surface area contributed by atoms with E-state index in [1.165, 1.54) is 44.9 Å². The molecule has 172 valence electrons. The maximum atomic E-state index is 8.87. The van der Waals surface area contributed by atoms with E-state index in [1.807, 2.05) is 42.6 Å². The highest BCUT2D eigenvalue weighted by Crippen LogP contribution is 2.16. The Morgan fingerprint density at radius 3 is 2.22 bits per heavy atom. The van der Waals surface area contributed by atoms with Crippen LogP contribution in [0.3, 0.4) is 0 Å². The highest BCUT2D eigenvalue weighted by atomic mass is 35.5. The van der Waals surface area contributed by atoms with Crippen LogP contribution in [-0.4, -0.2) is 24.1 Å². The highest BCUT2D eigenvalue weighted by molar-refractivity contribution is 6.30. The lowest BCUT2D eigenvalue weighted by atomic mass is 10.1. The molecule has 0 radical (unpaired) electrons. The van der Waals surface area contributed by atoms with Gasteiger partial charge in [-0.25, -0.2) is 0 Å². The molecule has 32 heavy (non-hydrogen) atoms. The van der Waals surface area contributed by atoms with Gasteiger partial charge in [0.15, 0.2) is 6.19 Å². The molecule has 0 amide bonds. The van der Waals surface area contributed by atoms with Gasteiger partial charge >= 0.3 is 0 Å². The second kappa shape index (κ2) is 16.9. The quantitative estimate of drug-likeness (QED) is 0.104. The average Bonchev–Trinajstić information content (AvgIpc) is 2.81. The van der Waals surface area contributed by atoms with E-state index in [1.54, 1.807) is 12.4 Å². The topological polar surface area (TPSA) is 82.3 Å². The first-order chi connectivity index (χ1) is 15.8. The molecule has 0 unspecified atom stereocenters. The summed E-state index contributed by atoms with van der Waals surface area (Å²) in [6, 6.07) is 11.3. The Kier molecular flexibility index (Phi) is 13.4. The maximum Gasteiger partial charge on any atom is 0.209 e. The molecule has 1 aromatic heterocycles. The molecule has 0 saturated heterocycles. The van der Waals surface area contributed by atoms with Crippen molar-refractivity contribution in [1.29, 1.82) is 5.26 Å². The Balaban J connectivity index is 1.39. The van der Waals surface area contributed by atoms with Gasteiger partial charge in [0.2, 0.25) is 5.96 Å². The molecule has 0 saturated carbocycles. The number of hydrogen-bond donors (Lipinski definition) is 2. The molecule has 6 nitrogen and oxygen atoms in total. The standard InChI is InChI=1S/C25H34ClN5O/c26-22-13-15-24(16-14-22)32-19-10-8-6-4-2-1-3-5-7-9-18-29-25(30-21-27)31-23-12-11-17-28-20-23/h11-17,20H,1-10,18-19H2,(H2,29,30,31). The number of halogens is 1. The fraction of sp³-hybridized carbons (Fsp3) is 0.480. The number of ether oxygens (including phenoxy) is 1. The molecule has 0 spiro atoms. The van der Waals surface area contributed by atoms with Crippen LogP contribution in [0.15, 0.2) is 53.8 Å². The van der Waals surface area contributed by atoms with Crippen molar-refractivity contribution in [3.05, 3.63) is 53.8 Å². The number of nitrogens with one attached hydrogen (secondary N) is 2. The van der Waals surface area contributed by atoms with Crippen LogP contribution < -0.4 is 15.4 Å². The lowest BCUT2D eigenvalue weighted by Gasteiger charge is -2.07. The Morgan fingerprint density at radius 2 is 1.59 bits per heavy atom. The number of benzene rings is 1. The molecule has 1 heterocycles. The van der Waals surface area contributed by atoms with Gasteiger partial charge in [-0.2, -0.15) is 5.26 Å². The highest BCUT2D eigenvalue weighted by Gasteiger charge is 1.99. The van der Waals surface area contributed by atoms with E-state index in [2.05, 4.69) is 20.6 Å². The van der Waals surface area contributed by atoms with Gasteiger partial charge in [-0.3, -0.25) is 15.3 Å². The molecule has 0 atom stereocenters. The van der Waals surface area contributed by atoms with Gasteiger partial charge in [0.1, 0.15) is 5.75 Å². The number of pyridine rings is 1. The Morgan fingerprint density at radius 1 is 0.938 bits per heavy atom. The van der Waals surface area contributed by atoms with Crippen molar-refractivity contribution in [2.45, 2.75) is 64.2 Å². The summed E-state index contributed by atoms with van der Waals surface area (Å²) in [7, 11) is 0. The zero-order valence-electron chi connectivity index (χ0n) is 18.7. The molecule has 2 N–H and O–H groups in total. The van der Waals surface area contributed by atoms with Crippen LogP contribution in [0.2, 0.25) is 5.02 Å². The van der Waals surface area contributed by atoms with Crippen LogP contribution in [0.4, 0.5) is 5.69 Å². The largest absolute Gasteiger partial charge is 0.494 e. The molecule has 0 fully saturated rings. The summed E-state index contributed by atoms with van der Waals surface area (Å²) in [5.74, 6) is 1.36. The zero-order valence-corrected chi connectivity index (χ0v) is 19.5. The van der Waals surface area contributed by atoms with E-state index in [0.29, 0.717) is 12.5 Å². The van der Waals surface area contributed by atoms with Crippen LogP contribution in [0.5, 0.6) is 5.75 Å². The van der Waals surface area contributed by atoms with Gasteiger partial charge in [0.25, 0.3) is 0 Å². The van der Waals surface area contributed by atoms with Crippen molar-refractivity contribution < 1.29 is 4.74 Å². The van der Waals surface area contributed by atoms with Crippen molar-refractivity contribution in [3.63, 3.8) is 0 Å². The lowest BCUT2D eigenvalue weighted by Crippen LogP contribution is -2.27. The molecule has 0 aliphatic carbocycles. The van der Waals surface area contributed by atoms with Crippen LogP contribution in [0, 0.1) is 11.5 Å². The number of guanidine groups is 1. The predicted octanol–water partition coefficient (Wildman–Crippen LogP) is 6.55. The zero-order chi connectivity index (χ0) is 22.7. The third kappa shape index (κ3) is 12.2. The van der Waals surface area contributed by atoms with Crippen molar-refractivity contribution in [2.75, 3.05) is 18.5 Å². The molecule has 0 aliphatic heterocycles. The molecular weight excluding hydrogens is 422 g/mol. The van der Waals surface area contributed by atoms with Crippen molar-refractivity contribution in [1.82, 2.24) is 10.3 Å². The van der Waals surface area contributed by atoms with E-state index in [9.17, 15) is 0 Å². The SMILES string of the molecule is N#CNC(=NCCCCCCCCCCCCOc1ccc(Cl)cc1)Nc1cccnc1. The number of unbranched alkanes of at least 4 members (excludes halogenated alkanes) is 9. The molecule has 2 rings (SSSR count). The first-order valence-electron chi connectivity index (χ1n) is 11.5.